The number of nitrogens with zero attached hydrogens (tertiary/aromatic N) is 2. The highest BCUT2D eigenvalue weighted by Gasteiger charge is 2.33. The summed E-state index contributed by atoms with van der Waals surface area (Å²) in [5.74, 6) is 0.631. The van der Waals surface area contributed by atoms with E-state index in [9.17, 15) is 4.79 Å². The second-order valence-electron chi connectivity index (χ2n) is 5.12. The van der Waals surface area contributed by atoms with Crippen LogP contribution in [0.3, 0.4) is 0 Å². The van der Waals surface area contributed by atoms with Crippen LogP contribution in [0, 0.1) is 0 Å². The molecule has 1 aromatic rings. The number of halogens is 1. The normalized spacial score (nSPS) is 21.3. The molecule has 0 aliphatic carbocycles. The van der Waals surface area contributed by atoms with Crippen molar-refractivity contribution in [3.63, 3.8) is 0 Å². The molecular formula is C15H17ClN2O4. The molecule has 118 valence electrons. The summed E-state index contributed by atoms with van der Waals surface area (Å²) in [6.07, 6.45) is -0.182. The molecule has 0 saturated carbocycles. The molecule has 1 amide bonds. The molecule has 2 aliphatic heterocycles. The summed E-state index contributed by atoms with van der Waals surface area (Å²) >= 11 is 6.21. The van der Waals surface area contributed by atoms with Gasteiger partial charge in [-0.25, -0.2) is 0 Å². The van der Waals surface area contributed by atoms with Crippen molar-refractivity contribution < 1.29 is 19.1 Å². The van der Waals surface area contributed by atoms with E-state index < -0.39 is 6.10 Å². The summed E-state index contributed by atoms with van der Waals surface area (Å²) in [5, 5.41) is 4.60. The molecule has 0 aromatic heterocycles. The van der Waals surface area contributed by atoms with Crippen LogP contribution in [0.2, 0.25) is 5.02 Å². The average molecular weight is 325 g/mol. The highest BCUT2D eigenvalue weighted by molar-refractivity contribution is 6.34. The first-order chi connectivity index (χ1) is 10.7. The van der Waals surface area contributed by atoms with Crippen LogP contribution in [-0.2, 0) is 14.4 Å². The number of benzene rings is 1. The number of carbonyl (C=O) groups is 1. The molecule has 22 heavy (non-hydrogen) atoms. The van der Waals surface area contributed by atoms with Gasteiger partial charge in [0.05, 0.1) is 31.1 Å². The highest BCUT2D eigenvalue weighted by Crippen LogP contribution is 2.27. The zero-order valence-corrected chi connectivity index (χ0v) is 13.0. The lowest BCUT2D eigenvalue weighted by atomic mass is 10.0. The van der Waals surface area contributed by atoms with Gasteiger partial charge in [-0.15, -0.1) is 0 Å². The Morgan fingerprint density at radius 1 is 1.41 bits per heavy atom. The fourth-order valence-corrected chi connectivity index (χ4v) is 2.74. The third-order valence-electron chi connectivity index (χ3n) is 3.75. The standard InChI is InChI=1S/C15H17ClN2O4/c1-20-10-2-3-12(16)11(8-10)13-9-14(22-17-13)15(19)18-4-6-21-7-5-18/h2-3,8,14H,4-7,9H2,1H3. The predicted octanol–water partition coefficient (Wildman–Crippen LogP) is 1.70. The van der Waals surface area contributed by atoms with Crippen molar-refractivity contribution in [3.8, 4) is 5.75 Å². The summed E-state index contributed by atoms with van der Waals surface area (Å²) in [6, 6.07) is 5.32. The van der Waals surface area contributed by atoms with Gasteiger partial charge in [0, 0.05) is 25.1 Å². The molecule has 2 aliphatic rings. The number of morpholine rings is 1. The van der Waals surface area contributed by atoms with Crippen LogP contribution in [0.4, 0.5) is 0 Å². The molecule has 1 aromatic carbocycles. The number of hydrogen-bond acceptors (Lipinski definition) is 5. The lowest BCUT2D eigenvalue weighted by Gasteiger charge is -2.28. The predicted molar refractivity (Wildman–Crippen MR) is 81.4 cm³/mol. The molecule has 0 spiro atoms. The molecule has 0 bridgehead atoms. The first kappa shape index (κ1) is 15.1. The summed E-state index contributed by atoms with van der Waals surface area (Å²) in [7, 11) is 1.59. The van der Waals surface area contributed by atoms with Gasteiger partial charge in [-0.3, -0.25) is 4.79 Å². The van der Waals surface area contributed by atoms with Crippen molar-refractivity contribution in [2.24, 2.45) is 5.16 Å². The highest BCUT2D eigenvalue weighted by atomic mass is 35.5. The van der Waals surface area contributed by atoms with Crippen molar-refractivity contribution in [1.29, 1.82) is 0 Å². The van der Waals surface area contributed by atoms with E-state index in [1.54, 1.807) is 30.2 Å². The minimum absolute atomic E-state index is 0.0546. The monoisotopic (exact) mass is 324 g/mol. The topological polar surface area (TPSA) is 60.4 Å². The van der Waals surface area contributed by atoms with Crippen LogP contribution < -0.4 is 4.74 Å². The van der Waals surface area contributed by atoms with Gasteiger partial charge in [-0.05, 0) is 18.2 Å². The van der Waals surface area contributed by atoms with Crippen LogP contribution in [-0.4, -0.2) is 56.0 Å². The average Bonchev–Trinajstić information content (AvgIpc) is 3.05. The Kier molecular flexibility index (Phi) is 4.49. The van der Waals surface area contributed by atoms with E-state index in [4.69, 9.17) is 25.9 Å². The Hall–Kier alpha value is -1.79. The molecule has 0 N–H and O–H groups in total. The second kappa shape index (κ2) is 6.54. The molecule has 1 unspecified atom stereocenters. The first-order valence-electron chi connectivity index (χ1n) is 7.12. The lowest BCUT2D eigenvalue weighted by molar-refractivity contribution is -0.146. The van der Waals surface area contributed by atoms with Gasteiger partial charge >= 0.3 is 0 Å². The Bertz CT molecular complexity index is 599. The van der Waals surface area contributed by atoms with E-state index in [0.717, 1.165) is 5.56 Å². The number of amides is 1. The molecule has 3 rings (SSSR count). The number of ether oxygens (including phenoxy) is 2. The largest absolute Gasteiger partial charge is 0.497 e. The van der Waals surface area contributed by atoms with Gasteiger partial charge in [0.2, 0.25) is 6.10 Å². The van der Waals surface area contributed by atoms with Crippen molar-refractivity contribution in [1.82, 2.24) is 4.90 Å². The maximum atomic E-state index is 12.4. The van der Waals surface area contributed by atoms with Crippen molar-refractivity contribution in [2.45, 2.75) is 12.5 Å². The Morgan fingerprint density at radius 3 is 2.91 bits per heavy atom. The van der Waals surface area contributed by atoms with E-state index in [0.29, 0.717) is 49.2 Å². The molecule has 0 radical (unpaired) electrons. The number of carbonyl (C=O) groups excluding carboxylic acids is 1. The Balaban J connectivity index is 1.70. The SMILES string of the molecule is COc1ccc(Cl)c(C2=NOC(C(=O)N3CCOCC3)C2)c1. The van der Waals surface area contributed by atoms with Crippen molar-refractivity contribution >= 4 is 23.2 Å². The number of hydrogen-bond donors (Lipinski definition) is 0. The fraction of sp³-hybridized carbons (Fsp3) is 0.467. The minimum atomic E-state index is -0.588. The van der Waals surface area contributed by atoms with E-state index >= 15 is 0 Å². The maximum absolute atomic E-state index is 12.4. The van der Waals surface area contributed by atoms with Crippen molar-refractivity contribution in [3.05, 3.63) is 28.8 Å². The van der Waals surface area contributed by atoms with Gasteiger partial charge in [0.25, 0.3) is 5.91 Å². The molecule has 1 atom stereocenters. The molecular weight excluding hydrogens is 308 g/mol. The smallest absolute Gasteiger partial charge is 0.267 e. The lowest BCUT2D eigenvalue weighted by Crippen LogP contribution is -2.45. The Labute approximate surface area is 133 Å². The molecule has 2 heterocycles. The third kappa shape index (κ3) is 3.03. The quantitative estimate of drug-likeness (QED) is 0.849. The van der Waals surface area contributed by atoms with Crippen LogP contribution in [0.25, 0.3) is 0 Å². The number of oxime groups is 1. The summed E-state index contributed by atoms with van der Waals surface area (Å²) in [5.41, 5.74) is 1.40. The fourth-order valence-electron chi connectivity index (χ4n) is 2.51. The zero-order chi connectivity index (χ0) is 15.5. The summed E-state index contributed by atoms with van der Waals surface area (Å²) < 4.78 is 10.4. The van der Waals surface area contributed by atoms with Gasteiger partial charge < -0.3 is 19.2 Å². The van der Waals surface area contributed by atoms with Gasteiger partial charge in [-0.1, -0.05) is 16.8 Å². The summed E-state index contributed by atoms with van der Waals surface area (Å²) in [6.45, 7) is 2.31. The van der Waals surface area contributed by atoms with Crippen molar-refractivity contribution in [2.75, 3.05) is 33.4 Å². The van der Waals surface area contributed by atoms with E-state index in [-0.39, 0.29) is 5.91 Å². The number of methoxy groups -OCH3 is 1. The van der Waals surface area contributed by atoms with Crippen LogP contribution in [0.15, 0.2) is 23.4 Å². The molecule has 6 nitrogen and oxygen atoms in total. The van der Waals surface area contributed by atoms with Gasteiger partial charge in [-0.2, -0.15) is 0 Å². The van der Waals surface area contributed by atoms with E-state index in [1.807, 2.05) is 0 Å². The van der Waals surface area contributed by atoms with Crippen LogP contribution in [0.5, 0.6) is 5.75 Å². The second-order valence-corrected chi connectivity index (χ2v) is 5.53. The van der Waals surface area contributed by atoms with E-state index in [1.165, 1.54) is 0 Å². The summed E-state index contributed by atoms with van der Waals surface area (Å²) in [4.78, 5) is 19.5. The van der Waals surface area contributed by atoms with Crippen LogP contribution >= 0.6 is 11.6 Å². The zero-order valence-electron chi connectivity index (χ0n) is 12.3. The molecule has 1 saturated heterocycles. The minimum Gasteiger partial charge on any atom is -0.497 e. The number of rotatable bonds is 3. The van der Waals surface area contributed by atoms with Gasteiger partial charge in [0.1, 0.15) is 5.75 Å². The van der Waals surface area contributed by atoms with Crippen LogP contribution in [0.1, 0.15) is 12.0 Å². The first-order valence-corrected chi connectivity index (χ1v) is 7.50. The molecule has 7 heteroatoms. The Morgan fingerprint density at radius 2 is 2.18 bits per heavy atom. The maximum Gasteiger partial charge on any atom is 0.267 e. The molecule has 1 fully saturated rings. The third-order valence-corrected chi connectivity index (χ3v) is 4.08. The van der Waals surface area contributed by atoms with E-state index in [2.05, 4.69) is 5.16 Å². The van der Waals surface area contributed by atoms with Gasteiger partial charge in [0.15, 0.2) is 0 Å².